The van der Waals surface area contributed by atoms with Crippen molar-refractivity contribution in [2.45, 2.75) is 20.8 Å². The molecule has 0 spiro atoms. The van der Waals surface area contributed by atoms with Crippen LogP contribution in [0.2, 0.25) is 0 Å². The Morgan fingerprint density at radius 3 is 2.55 bits per heavy atom. The lowest BCUT2D eigenvalue weighted by Gasteiger charge is -2.10. The van der Waals surface area contributed by atoms with E-state index in [1.165, 1.54) is 22.2 Å². The highest BCUT2D eigenvalue weighted by Gasteiger charge is 2.12. The molecule has 0 unspecified atom stereocenters. The minimum Gasteiger partial charge on any atom is -0.310 e. The molecule has 0 radical (unpaired) electrons. The Bertz CT molecular complexity index is 780. The summed E-state index contributed by atoms with van der Waals surface area (Å²) in [5.74, 6) is 0. The van der Waals surface area contributed by atoms with Crippen LogP contribution in [0.25, 0.3) is 22.7 Å². The molecule has 0 fully saturated rings. The van der Waals surface area contributed by atoms with Crippen molar-refractivity contribution in [2.24, 2.45) is 0 Å². The molecule has 112 valence electrons. The van der Waals surface area contributed by atoms with Crippen molar-refractivity contribution in [3.8, 4) is 0 Å². The van der Waals surface area contributed by atoms with E-state index in [-0.39, 0.29) is 0 Å². The summed E-state index contributed by atoms with van der Waals surface area (Å²) < 4.78 is 2.30. The Morgan fingerprint density at radius 1 is 1.09 bits per heavy atom. The van der Waals surface area contributed by atoms with Gasteiger partial charge in [-0.2, -0.15) is 0 Å². The third-order valence-corrected chi connectivity index (χ3v) is 3.69. The molecule has 1 aromatic carbocycles. The van der Waals surface area contributed by atoms with Crippen LogP contribution in [0.1, 0.15) is 25.1 Å². The lowest BCUT2D eigenvalue weighted by Crippen LogP contribution is -1.97. The summed E-state index contributed by atoms with van der Waals surface area (Å²) in [7, 11) is 0. The molecule has 1 heterocycles. The van der Waals surface area contributed by atoms with Gasteiger partial charge in [0.05, 0.1) is 5.52 Å². The van der Waals surface area contributed by atoms with E-state index in [0.717, 1.165) is 5.70 Å². The smallest absolute Gasteiger partial charge is 0.0537 e. The molecule has 22 heavy (non-hydrogen) atoms. The van der Waals surface area contributed by atoms with Gasteiger partial charge in [-0.3, -0.25) is 0 Å². The first-order chi connectivity index (χ1) is 10.7. The highest BCUT2D eigenvalue weighted by Crippen LogP contribution is 2.30. The standard InChI is InChI=1S/C21H23N/c1-5-8-10-13-18(7-3)22-20(15-9-6-2)17(4)19-14-11-12-16-21(19)22/h5-16H,2H2,1,3-4H3. The molecule has 0 aliphatic rings. The summed E-state index contributed by atoms with van der Waals surface area (Å²) >= 11 is 0. The van der Waals surface area contributed by atoms with Gasteiger partial charge in [-0.15, -0.1) is 0 Å². The Balaban J connectivity index is 2.74. The summed E-state index contributed by atoms with van der Waals surface area (Å²) in [6.07, 6.45) is 16.3. The number of aromatic nitrogens is 1. The van der Waals surface area contributed by atoms with Crippen molar-refractivity contribution in [1.82, 2.24) is 4.57 Å². The van der Waals surface area contributed by atoms with Gasteiger partial charge >= 0.3 is 0 Å². The van der Waals surface area contributed by atoms with E-state index in [2.05, 4.69) is 73.6 Å². The first-order valence-corrected chi connectivity index (χ1v) is 7.59. The number of nitrogens with zero attached hydrogens (tertiary/aromatic N) is 1. The topological polar surface area (TPSA) is 4.93 Å². The zero-order valence-corrected chi connectivity index (χ0v) is 13.6. The highest BCUT2D eigenvalue weighted by atomic mass is 15.0. The van der Waals surface area contributed by atoms with E-state index < -0.39 is 0 Å². The molecule has 0 saturated heterocycles. The highest BCUT2D eigenvalue weighted by molar-refractivity contribution is 5.92. The number of benzene rings is 1. The van der Waals surface area contributed by atoms with Crippen molar-refractivity contribution in [1.29, 1.82) is 0 Å². The normalized spacial score (nSPS) is 13.1. The zero-order valence-electron chi connectivity index (χ0n) is 13.6. The van der Waals surface area contributed by atoms with E-state index in [4.69, 9.17) is 0 Å². The first kappa shape index (κ1) is 15.8. The van der Waals surface area contributed by atoms with Crippen LogP contribution in [0.4, 0.5) is 0 Å². The van der Waals surface area contributed by atoms with Crippen molar-refractivity contribution >= 4 is 22.7 Å². The largest absolute Gasteiger partial charge is 0.310 e. The van der Waals surface area contributed by atoms with E-state index >= 15 is 0 Å². The first-order valence-electron chi connectivity index (χ1n) is 7.59. The van der Waals surface area contributed by atoms with Gasteiger partial charge in [0, 0.05) is 16.8 Å². The summed E-state index contributed by atoms with van der Waals surface area (Å²) in [6, 6.07) is 8.52. The Kier molecular flexibility index (Phi) is 5.37. The summed E-state index contributed by atoms with van der Waals surface area (Å²) in [5, 5.41) is 1.28. The van der Waals surface area contributed by atoms with Crippen LogP contribution >= 0.6 is 0 Å². The van der Waals surface area contributed by atoms with Crippen molar-refractivity contribution < 1.29 is 0 Å². The van der Waals surface area contributed by atoms with Crippen LogP contribution in [0.5, 0.6) is 0 Å². The lowest BCUT2D eigenvalue weighted by molar-refractivity contribution is 1.14. The minimum atomic E-state index is 1.16. The molecule has 2 rings (SSSR count). The number of allylic oxidation sites excluding steroid dienone is 8. The molecule has 0 bridgehead atoms. The van der Waals surface area contributed by atoms with Crippen molar-refractivity contribution in [3.63, 3.8) is 0 Å². The second-order valence-electron chi connectivity index (χ2n) is 5.06. The SMILES string of the molecule is C=CC=Cc1c(C)c2ccccc2n1C(C=CC=CC)=CC. The van der Waals surface area contributed by atoms with Crippen LogP contribution in [0.15, 0.2) is 73.4 Å². The Morgan fingerprint density at radius 2 is 1.86 bits per heavy atom. The van der Waals surface area contributed by atoms with E-state index in [1.54, 1.807) is 0 Å². The van der Waals surface area contributed by atoms with E-state index in [1.807, 2.05) is 31.2 Å². The zero-order chi connectivity index (χ0) is 15.9. The summed E-state index contributed by atoms with van der Waals surface area (Å²) in [6.45, 7) is 10.0. The molecule has 0 saturated carbocycles. The maximum absolute atomic E-state index is 3.78. The monoisotopic (exact) mass is 289 g/mol. The van der Waals surface area contributed by atoms with Crippen LogP contribution in [0.3, 0.4) is 0 Å². The number of para-hydroxylation sites is 1. The van der Waals surface area contributed by atoms with Gasteiger partial charge in [0.2, 0.25) is 0 Å². The van der Waals surface area contributed by atoms with Gasteiger partial charge in [0.25, 0.3) is 0 Å². The Hall–Kier alpha value is -2.54. The fourth-order valence-corrected chi connectivity index (χ4v) is 2.62. The maximum atomic E-state index is 3.78. The van der Waals surface area contributed by atoms with E-state index in [0.29, 0.717) is 0 Å². The molecule has 0 aliphatic carbocycles. The molecular formula is C21H23N. The number of hydrogen-bond acceptors (Lipinski definition) is 0. The fraction of sp³-hybridized carbons (Fsp3) is 0.143. The van der Waals surface area contributed by atoms with Crippen molar-refractivity contribution in [2.75, 3.05) is 0 Å². The molecule has 1 nitrogen and oxygen atoms in total. The van der Waals surface area contributed by atoms with Gasteiger partial charge in [0.1, 0.15) is 0 Å². The molecule has 0 atom stereocenters. The maximum Gasteiger partial charge on any atom is 0.0537 e. The number of fused-ring (bicyclic) bond motifs is 1. The average Bonchev–Trinajstić information content (AvgIpc) is 2.83. The minimum absolute atomic E-state index is 1.16. The van der Waals surface area contributed by atoms with Crippen molar-refractivity contribution in [3.05, 3.63) is 84.6 Å². The lowest BCUT2D eigenvalue weighted by atomic mass is 10.1. The second kappa shape index (κ2) is 7.46. The van der Waals surface area contributed by atoms with Gasteiger partial charge in [-0.25, -0.2) is 0 Å². The molecule has 0 amide bonds. The number of aryl methyl sites for hydroxylation is 1. The summed E-state index contributed by atoms with van der Waals surface area (Å²) in [4.78, 5) is 0. The fourth-order valence-electron chi connectivity index (χ4n) is 2.62. The molecule has 2 aromatic rings. The van der Waals surface area contributed by atoms with Crippen LogP contribution in [-0.2, 0) is 0 Å². The van der Waals surface area contributed by atoms with Crippen LogP contribution in [-0.4, -0.2) is 4.57 Å². The second-order valence-corrected chi connectivity index (χ2v) is 5.06. The molecule has 1 heteroatoms. The Labute approximate surface area is 133 Å². The summed E-state index contributed by atoms with van der Waals surface area (Å²) in [5.41, 5.74) is 4.86. The number of rotatable bonds is 5. The third kappa shape index (κ3) is 3.04. The van der Waals surface area contributed by atoms with E-state index in [9.17, 15) is 0 Å². The average molecular weight is 289 g/mol. The van der Waals surface area contributed by atoms with Gasteiger partial charge < -0.3 is 4.57 Å². The quantitative estimate of drug-likeness (QED) is 0.582. The van der Waals surface area contributed by atoms with Crippen LogP contribution in [0, 0.1) is 6.92 Å². The number of hydrogen-bond donors (Lipinski definition) is 0. The molecule has 0 aliphatic heterocycles. The molecular weight excluding hydrogens is 266 g/mol. The molecule has 0 N–H and O–H groups in total. The molecule has 1 aromatic heterocycles. The third-order valence-electron chi connectivity index (χ3n) is 3.69. The van der Waals surface area contributed by atoms with Gasteiger partial charge in [0.15, 0.2) is 0 Å². The van der Waals surface area contributed by atoms with Gasteiger partial charge in [-0.1, -0.05) is 61.2 Å². The predicted octanol–water partition coefficient (Wildman–Crippen LogP) is 6.14. The predicted molar refractivity (Wildman–Crippen MR) is 99.8 cm³/mol. The van der Waals surface area contributed by atoms with Crippen LogP contribution < -0.4 is 0 Å². The van der Waals surface area contributed by atoms with Gasteiger partial charge in [-0.05, 0) is 44.6 Å².